The number of fused-ring (bicyclic) bond motifs is 11. The van der Waals surface area contributed by atoms with Crippen molar-refractivity contribution in [3.05, 3.63) is 145 Å². The molecule has 0 unspecified atom stereocenters. The Balaban J connectivity index is 1.43. The van der Waals surface area contributed by atoms with E-state index in [1.807, 2.05) is 72.8 Å². The average molecular weight is 577 g/mol. The third-order valence-corrected chi connectivity index (χ3v) is 9.27. The first kappa shape index (κ1) is 14.7. The van der Waals surface area contributed by atoms with Crippen LogP contribution in [0.2, 0.25) is 0 Å². The van der Waals surface area contributed by atoms with Gasteiger partial charge in [-0.05, 0) is 71.3 Å². The van der Waals surface area contributed by atoms with Crippen LogP contribution in [0.25, 0.3) is 85.9 Å². The van der Waals surface area contributed by atoms with E-state index >= 15 is 0 Å². The Bertz CT molecular complexity index is 3390. The van der Waals surface area contributed by atoms with Crippen LogP contribution in [-0.2, 0) is 0 Å². The molecule has 0 spiro atoms. The Kier molecular flexibility index (Phi) is 2.93. The van der Waals surface area contributed by atoms with E-state index < -0.39 is 30.2 Å². The fraction of sp³-hybridized carbons (Fsp3) is 0. The second-order valence-electron chi connectivity index (χ2n) is 10.5. The van der Waals surface area contributed by atoms with Crippen LogP contribution in [0.15, 0.2) is 145 Å². The summed E-state index contributed by atoms with van der Waals surface area (Å²) >= 11 is 0.974. The molecule has 0 bridgehead atoms. The number of thiophene rings is 1. The first-order chi connectivity index (χ1) is 26.3. The predicted octanol–water partition coefficient (Wildman–Crippen LogP) is 11.4. The first-order valence-electron chi connectivity index (χ1n) is 19.7. The normalized spacial score (nSPS) is 16.1. The number of nitrogens with zero attached hydrogens (tertiary/aromatic N) is 2. The van der Waals surface area contributed by atoms with E-state index in [0.717, 1.165) is 43.7 Å². The van der Waals surface area contributed by atoms with E-state index in [9.17, 15) is 4.11 Å². The highest BCUT2D eigenvalue weighted by Gasteiger charge is 2.20. The smallest absolute Gasteiger partial charge is 0.0652 e. The monoisotopic (exact) mass is 576 g/mol. The molecule has 43 heavy (non-hydrogen) atoms. The minimum absolute atomic E-state index is 0.0283. The summed E-state index contributed by atoms with van der Waals surface area (Å²) in [6.45, 7) is 0. The van der Waals surface area contributed by atoms with E-state index in [1.54, 1.807) is 9.13 Å². The number of hydrogen-bond donors (Lipinski definition) is 0. The van der Waals surface area contributed by atoms with Crippen LogP contribution in [0.1, 0.15) is 16.4 Å². The maximum Gasteiger partial charge on any atom is 0.0652 e. The molecule has 10 rings (SSSR count). The molecular weight excluding hydrogens is 541 g/mol. The van der Waals surface area contributed by atoms with Gasteiger partial charge in [0, 0.05) is 53.1 Å². The van der Waals surface area contributed by atoms with E-state index in [0.29, 0.717) is 22.1 Å². The number of rotatable bonds is 2. The lowest BCUT2D eigenvalue weighted by atomic mass is 10.0. The molecule has 3 heteroatoms. The van der Waals surface area contributed by atoms with Crippen molar-refractivity contribution in [1.29, 1.82) is 0 Å². The van der Waals surface area contributed by atoms with Crippen molar-refractivity contribution in [3.8, 4) is 11.4 Å². The molecule has 2 nitrogen and oxygen atoms in total. The molecule has 10 aromatic rings. The van der Waals surface area contributed by atoms with Crippen LogP contribution in [0.3, 0.4) is 0 Å². The van der Waals surface area contributed by atoms with Crippen molar-refractivity contribution in [3.63, 3.8) is 0 Å². The van der Waals surface area contributed by atoms with Gasteiger partial charge in [0.2, 0.25) is 0 Å². The Morgan fingerprint density at radius 2 is 1.21 bits per heavy atom. The molecule has 0 aliphatic carbocycles. The zero-order chi connectivity index (χ0) is 38.5. The fourth-order valence-corrected chi connectivity index (χ4v) is 7.41. The van der Waals surface area contributed by atoms with Crippen LogP contribution in [0, 0.1) is 0 Å². The van der Waals surface area contributed by atoms with E-state index in [1.165, 1.54) is 0 Å². The summed E-state index contributed by atoms with van der Waals surface area (Å²) in [5, 5.41) is 5.24. The van der Waals surface area contributed by atoms with Gasteiger partial charge < -0.3 is 9.13 Å². The summed E-state index contributed by atoms with van der Waals surface area (Å²) < 4.78 is 109. The summed E-state index contributed by atoms with van der Waals surface area (Å²) in [7, 11) is 0. The first-order valence-corrected chi connectivity index (χ1v) is 14.5. The highest BCUT2D eigenvalue weighted by atomic mass is 32.1. The minimum Gasteiger partial charge on any atom is -0.309 e. The second-order valence-corrected chi connectivity index (χ2v) is 11.5. The van der Waals surface area contributed by atoms with E-state index in [-0.39, 0.29) is 73.8 Å². The van der Waals surface area contributed by atoms with E-state index in [2.05, 4.69) is 0 Å². The van der Waals surface area contributed by atoms with Gasteiger partial charge in [-0.1, -0.05) is 84.8 Å². The molecule has 3 aromatic heterocycles. The summed E-state index contributed by atoms with van der Waals surface area (Å²) in [5.41, 5.74) is 2.30. The van der Waals surface area contributed by atoms with Crippen molar-refractivity contribution < 1.29 is 16.4 Å². The quantitative estimate of drug-likeness (QED) is 0.194. The number of para-hydroxylation sites is 2. The second kappa shape index (κ2) is 8.57. The predicted molar refractivity (Wildman–Crippen MR) is 186 cm³/mol. The Labute approximate surface area is 268 Å². The van der Waals surface area contributed by atoms with Crippen molar-refractivity contribution in [2.45, 2.75) is 0 Å². The SMILES string of the molecule is [2H]c1c([2H])c([2H])c(-n2c3cc4c(cc3c3c5ccccc5ccc32)c2ccccc2n4-c2c([2H])c([2H])c3sc4c([2H])c([2H])c([2H])c([2H])c4c3c2[2H])c([2H])c1[2H]. The Morgan fingerprint density at radius 1 is 0.465 bits per heavy atom. The zero-order valence-electron chi connectivity index (χ0n) is 34.2. The van der Waals surface area contributed by atoms with Crippen LogP contribution in [0.4, 0.5) is 0 Å². The van der Waals surface area contributed by atoms with Gasteiger partial charge in [0.25, 0.3) is 0 Å². The van der Waals surface area contributed by atoms with Gasteiger partial charge in [0.1, 0.15) is 0 Å². The van der Waals surface area contributed by atoms with Gasteiger partial charge in [-0.2, -0.15) is 0 Å². The van der Waals surface area contributed by atoms with Crippen LogP contribution < -0.4 is 0 Å². The summed E-state index contributed by atoms with van der Waals surface area (Å²) in [6.07, 6.45) is 0. The van der Waals surface area contributed by atoms with Crippen LogP contribution in [0.5, 0.6) is 0 Å². The molecular formula is C40H24N2S. The fourth-order valence-electron chi connectivity index (χ4n) is 6.49. The van der Waals surface area contributed by atoms with Gasteiger partial charge >= 0.3 is 0 Å². The maximum atomic E-state index is 9.65. The summed E-state index contributed by atoms with van der Waals surface area (Å²) in [6, 6.07) is 18.6. The Hall–Kier alpha value is -5.38. The van der Waals surface area contributed by atoms with E-state index in [4.69, 9.17) is 12.3 Å². The number of hydrogen-bond acceptors (Lipinski definition) is 1. The Morgan fingerprint density at radius 3 is 2.14 bits per heavy atom. The van der Waals surface area contributed by atoms with Crippen molar-refractivity contribution in [2.75, 3.05) is 0 Å². The molecule has 200 valence electrons. The molecule has 0 aliphatic heterocycles. The van der Waals surface area contributed by atoms with Crippen molar-refractivity contribution >= 4 is 85.9 Å². The lowest BCUT2D eigenvalue weighted by Crippen LogP contribution is -1.95. The maximum absolute atomic E-state index is 9.65. The van der Waals surface area contributed by atoms with Gasteiger partial charge in [-0.15, -0.1) is 11.3 Å². The lowest BCUT2D eigenvalue weighted by molar-refractivity contribution is 1.17. The van der Waals surface area contributed by atoms with Gasteiger partial charge in [-0.3, -0.25) is 0 Å². The minimum atomic E-state index is -0.508. The number of aromatic nitrogens is 2. The standard InChI is InChI=1S/C40H24N2S/c1-2-11-26(12-3-1)41-35-20-18-25-10-4-5-13-28(25)40(35)33-23-31-29-14-6-8-16-34(29)42(36(31)24-37(33)41)27-19-21-39-32(22-27)30-15-7-9-17-38(30)43-39/h1-24H/i1D,2D,3D,7D,9D,11D,12D,15D,17D,19D,21D,22D. The topological polar surface area (TPSA) is 9.86 Å². The van der Waals surface area contributed by atoms with Crippen LogP contribution >= 0.6 is 11.3 Å². The zero-order valence-corrected chi connectivity index (χ0v) is 23.0. The molecule has 0 radical (unpaired) electrons. The molecule has 0 aliphatic rings. The number of benzene rings is 7. The molecule has 0 fully saturated rings. The van der Waals surface area contributed by atoms with Crippen LogP contribution in [-0.4, -0.2) is 9.13 Å². The molecule has 0 N–H and O–H groups in total. The molecule has 3 heterocycles. The van der Waals surface area contributed by atoms with Gasteiger partial charge in [0.15, 0.2) is 0 Å². The van der Waals surface area contributed by atoms with Crippen molar-refractivity contribution in [1.82, 2.24) is 9.13 Å². The van der Waals surface area contributed by atoms with Crippen molar-refractivity contribution in [2.24, 2.45) is 0 Å². The van der Waals surface area contributed by atoms with Gasteiger partial charge in [0.05, 0.1) is 38.5 Å². The molecule has 0 amide bonds. The highest BCUT2D eigenvalue weighted by Crippen LogP contribution is 2.42. The van der Waals surface area contributed by atoms with Gasteiger partial charge in [-0.25, -0.2) is 0 Å². The third-order valence-electron chi connectivity index (χ3n) is 8.25. The third kappa shape index (κ3) is 3.17. The summed E-state index contributed by atoms with van der Waals surface area (Å²) in [5.74, 6) is 0. The largest absolute Gasteiger partial charge is 0.309 e. The molecule has 0 saturated heterocycles. The lowest BCUT2D eigenvalue weighted by Gasteiger charge is -2.10. The molecule has 0 saturated carbocycles. The molecule has 7 aromatic carbocycles. The average Bonchev–Trinajstić information content (AvgIpc) is 3.85. The highest BCUT2D eigenvalue weighted by molar-refractivity contribution is 7.25. The molecule has 0 atom stereocenters. The summed E-state index contributed by atoms with van der Waals surface area (Å²) in [4.78, 5) is 0.